The fourth-order valence-electron chi connectivity index (χ4n) is 4.83. The lowest BCUT2D eigenvalue weighted by atomic mass is 9.78. The van der Waals surface area contributed by atoms with E-state index in [2.05, 4.69) is 36.1 Å². The van der Waals surface area contributed by atoms with Crippen LogP contribution in [-0.2, 0) is 13.1 Å². The molecule has 0 radical (unpaired) electrons. The van der Waals surface area contributed by atoms with Crippen LogP contribution in [0.25, 0.3) is 0 Å². The van der Waals surface area contributed by atoms with Crippen LogP contribution in [0.3, 0.4) is 0 Å². The summed E-state index contributed by atoms with van der Waals surface area (Å²) in [6.45, 7) is 4.22. The Labute approximate surface area is 166 Å². The van der Waals surface area contributed by atoms with Crippen LogP contribution in [0.4, 0.5) is 0 Å². The average Bonchev–Trinajstić information content (AvgIpc) is 2.70. The Morgan fingerprint density at radius 2 is 1.82 bits per heavy atom. The number of carbonyl (C=O) groups is 1. The van der Waals surface area contributed by atoms with Gasteiger partial charge in [0, 0.05) is 13.1 Å². The summed E-state index contributed by atoms with van der Waals surface area (Å²) < 4.78 is 12.7. The first kappa shape index (κ1) is 17.7. The zero-order valence-corrected chi connectivity index (χ0v) is 16.5. The van der Waals surface area contributed by atoms with Crippen LogP contribution >= 0.6 is 0 Å². The van der Waals surface area contributed by atoms with E-state index in [4.69, 9.17) is 9.47 Å². The van der Waals surface area contributed by atoms with Gasteiger partial charge in [0.05, 0.1) is 17.5 Å². The maximum Gasteiger partial charge on any atom is 0.170 e. The Morgan fingerprint density at radius 3 is 2.61 bits per heavy atom. The Morgan fingerprint density at radius 1 is 1.04 bits per heavy atom. The fraction of sp³-hybridized carbons (Fsp3) is 0.458. The van der Waals surface area contributed by atoms with Crippen molar-refractivity contribution in [2.45, 2.75) is 64.1 Å². The minimum Gasteiger partial charge on any atom is -0.486 e. The Hall–Kier alpha value is -2.33. The second kappa shape index (κ2) is 6.93. The molecule has 2 aromatic rings. The summed E-state index contributed by atoms with van der Waals surface area (Å²) in [5.41, 5.74) is 4.01. The molecule has 5 rings (SSSR count). The molecule has 2 heterocycles. The molecule has 28 heavy (non-hydrogen) atoms. The van der Waals surface area contributed by atoms with Crippen LogP contribution in [0.15, 0.2) is 36.4 Å². The van der Waals surface area contributed by atoms with Crippen LogP contribution in [0.1, 0.15) is 65.6 Å². The number of nitrogens with zero attached hydrogens (tertiary/aromatic N) is 1. The lowest BCUT2D eigenvalue weighted by molar-refractivity contribution is 0.00934. The molecular formula is C24H27NO3. The molecule has 0 bridgehead atoms. The Bertz CT molecular complexity index is 897. The van der Waals surface area contributed by atoms with Gasteiger partial charge in [0.1, 0.15) is 23.8 Å². The van der Waals surface area contributed by atoms with Gasteiger partial charge in [-0.25, -0.2) is 0 Å². The Balaban J connectivity index is 1.44. The van der Waals surface area contributed by atoms with Gasteiger partial charge in [-0.3, -0.25) is 9.69 Å². The molecule has 146 valence electrons. The minimum atomic E-state index is -0.295. The Kier molecular flexibility index (Phi) is 4.39. The van der Waals surface area contributed by atoms with E-state index in [1.54, 1.807) is 0 Å². The molecule has 2 aliphatic heterocycles. The van der Waals surface area contributed by atoms with Crippen molar-refractivity contribution in [1.29, 1.82) is 0 Å². The van der Waals surface area contributed by atoms with E-state index in [0.29, 0.717) is 13.2 Å². The lowest BCUT2D eigenvalue weighted by Crippen LogP contribution is -2.44. The molecule has 2 aromatic carbocycles. The summed E-state index contributed by atoms with van der Waals surface area (Å²) in [7, 11) is 0. The summed E-state index contributed by atoms with van der Waals surface area (Å²) in [4.78, 5) is 15.2. The summed E-state index contributed by atoms with van der Waals surface area (Å²) in [5, 5.41) is 0. The third kappa shape index (κ3) is 3.20. The molecule has 0 atom stereocenters. The third-order valence-electron chi connectivity index (χ3n) is 6.40. The molecule has 1 fully saturated rings. The highest BCUT2D eigenvalue weighted by atomic mass is 16.5. The highest BCUT2D eigenvalue weighted by Gasteiger charge is 2.43. The molecule has 3 aliphatic rings. The SMILES string of the molecule is Cc1ccc(CN2COc3ccc4c(c3C2)OC2(CCCCC2)CC4=O)cc1. The van der Waals surface area contributed by atoms with Crippen LogP contribution in [-0.4, -0.2) is 23.0 Å². The van der Waals surface area contributed by atoms with Gasteiger partial charge < -0.3 is 9.47 Å². The zero-order chi connectivity index (χ0) is 19.1. The quantitative estimate of drug-likeness (QED) is 0.737. The van der Waals surface area contributed by atoms with Gasteiger partial charge in [-0.1, -0.05) is 36.2 Å². The van der Waals surface area contributed by atoms with E-state index >= 15 is 0 Å². The molecule has 0 N–H and O–H groups in total. The molecule has 1 saturated carbocycles. The number of carbonyl (C=O) groups excluding carboxylic acids is 1. The van der Waals surface area contributed by atoms with Crippen molar-refractivity contribution >= 4 is 5.78 Å². The molecule has 0 aromatic heterocycles. The van der Waals surface area contributed by atoms with Crippen molar-refractivity contribution in [3.8, 4) is 11.5 Å². The fourth-order valence-corrected chi connectivity index (χ4v) is 4.83. The van der Waals surface area contributed by atoms with Gasteiger partial charge in [-0.15, -0.1) is 0 Å². The van der Waals surface area contributed by atoms with E-state index in [0.717, 1.165) is 61.4 Å². The number of fused-ring (bicyclic) bond motifs is 3. The first-order valence-electron chi connectivity index (χ1n) is 10.4. The normalized spacial score (nSPS) is 20.8. The number of hydrogen-bond acceptors (Lipinski definition) is 4. The summed E-state index contributed by atoms with van der Waals surface area (Å²) in [5.74, 6) is 1.87. The maximum atomic E-state index is 12.9. The molecule has 1 aliphatic carbocycles. The minimum absolute atomic E-state index is 0.224. The first-order chi connectivity index (χ1) is 13.6. The summed E-state index contributed by atoms with van der Waals surface area (Å²) >= 11 is 0. The maximum absolute atomic E-state index is 12.9. The van der Waals surface area contributed by atoms with E-state index < -0.39 is 0 Å². The van der Waals surface area contributed by atoms with Crippen molar-refractivity contribution in [1.82, 2.24) is 4.90 Å². The lowest BCUT2D eigenvalue weighted by Gasteiger charge is -2.42. The molecule has 1 spiro atoms. The topological polar surface area (TPSA) is 38.8 Å². The van der Waals surface area contributed by atoms with Gasteiger partial charge in [0.15, 0.2) is 5.78 Å². The zero-order valence-electron chi connectivity index (χ0n) is 16.5. The number of ketones is 1. The predicted molar refractivity (Wildman–Crippen MR) is 108 cm³/mol. The first-order valence-corrected chi connectivity index (χ1v) is 10.4. The number of aryl methyl sites for hydroxylation is 1. The molecule has 0 unspecified atom stereocenters. The van der Waals surface area contributed by atoms with Crippen LogP contribution in [0.5, 0.6) is 11.5 Å². The van der Waals surface area contributed by atoms with Crippen molar-refractivity contribution in [3.63, 3.8) is 0 Å². The van der Waals surface area contributed by atoms with Crippen LogP contribution < -0.4 is 9.47 Å². The van der Waals surface area contributed by atoms with E-state index in [-0.39, 0.29) is 11.4 Å². The van der Waals surface area contributed by atoms with E-state index in [1.807, 2.05) is 12.1 Å². The number of ether oxygens (including phenoxy) is 2. The molecule has 0 amide bonds. The molecule has 4 nitrogen and oxygen atoms in total. The summed E-state index contributed by atoms with van der Waals surface area (Å²) in [6, 6.07) is 12.5. The highest BCUT2D eigenvalue weighted by Crippen LogP contribution is 2.46. The molecule has 4 heteroatoms. The van der Waals surface area contributed by atoms with Crippen molar-refractivity contribution in [3.05, 3.63) is 58.7 Å². The molecule has 0 saturated heterocycles. The second-order valence-corrected chi connectivity index (χ2v) is 8.61. The van der Waals surface area contributed by atoms with E-state index in [1.165, 1.54) is 17.5 Å². The molecular weight excluding hydrogens is 350 g/mol. The standard InChI is InChI=1S/C24H27NO3/c1-17-5-7-18(8-6-17)14-25-15-20-22(27-16-25)10-9-19-21(26)13-24(28-23(19)20)11-3-2-4-12-24/h5-10H,2-4,11-16H2,1H3. The monoisotopic (exact) mass is 377 g/mol. The van der Waals surface area contributed by atoms with Crippen LogP contribution in [0, 0.1) is 6.92 Å². The average molecular weight is 377 g/mol. The van der Waals surface area contributed by atoms with Gasteiger partial charge >= 0.3 is 0 Å². The van der Waals surface area contributed by atoms with E-state index in [9.17, 15) is 4.79 Å². The summed E-state index contributed by atoms with van der Waals surface area (Å²) in [6.07, 6.45) is 6.02. The van der Waals surface area contributed by atoms with Gasteiger partial charge in [0.2, 0.25) is 0 Å². The number of benzene rings is 2. The predicted octanol–water partition coefficient (Wildman–Crippen LogP) is 5.02. The van der Waals surface area contributed by atoms with Crippen molar-refractivity contribution < 1.29 is 14.3 Å². The number of hydrogen-bond donors (Lipinski definition) is 0. The van der Waals surface area contributed by atoms with Gasteiger partial charge in [-0.2, -0.15) is 0 Å². The second-order valence-electron chi connectivity index (χ2n) is 8.61. The van der Waals surface area contributed by atoms with Gasteiger partial charge in [-0.05, 0) is 50.3 Å². The smallest absolute Gasteiger partial charge is 0.170 e. The largest absolute Gasteiger partial charge is 0.486 e. The van der Waals surface area contributed by atoms with Gasteiger partial charge in [0.25, 0.3) is 0 Å². The number of rotatable bonds is 2. The van der Waals surface area contributed by atoms with Crippen LogP contribution in [0.2, 0.25) is 0 Å². The van der Waals surface area contributed by atoms with Crippen molar-refractivity contribution in [2.24, 2.45) is 0 Å². The highest BCUT2D eigenvalue weighted by molar-refractivity contribution is 6.01. The van der Waals surface area contributed by atoms with Crippen molar-refractivity contribution in [2.75, 3.05) is 6.73 Å². The third-order valence-corrected chi connectivity index (χ3v) is 6.40. The number of Topliss-reactive ketones (excluding diaryl/α,β-unsaturated/α-hetero) is 1.